The standard InChI is InChI=1S/C26H34N2O4/c1-25-6-3-7-26(15-31-26)22(25)9-18-19(24(30)32-21(18)10-25)14-27-11-16-8-17(13-27)20-4-2-5-23(29)28(20)12-16/h2,4-5,16-19,21-22H,3,6-15H2,1H3/t16-,17-,18+,19-,21+,22-,25+,26-/m0/s1. The van der Waals surface area contributed by atoms with Gasteiger partial charge in [-0.3, -0.25) is 9.59 Å². The zero-order valence-corrected chi connectivity index (χ0v) is 19.0. The van der Waals surface area contributed by atoms with E-state index in [1.54, 1.807) is 6.07 Å². The zero-order chi connectivity index (χ0) is 21.7. The lowest BCUT2D eigenvalue weighted by Crippen LogP contribution is -2.52. The molecule has 0 N–H and O–H groups in total. The number of rotatable bonds is 2. The highest BCUT2D eigenvalue weighted by molar-refractivity contribution is 5.75. The SMILES string of the molecule is C[C@]12CCC[C@]3(CO3)[C@H]1C[C@@H]1[C@H](CN3C[C@@H]4C[C@@H](C3)c3cccc(=O)n3C4)C(=O)O[C@@H]1C2. The number of piperidine rings is 1. The fourth-order valence-corrected chi connectivity index (χ4v) is 8.59. The molecule has 5 fully saturated rings. The Morgan fingerprint density at radius 1 is 1.12 bits per heavy atom. The first-order valence-electron chi connectivity index (χ1n) is 12.7. The van der Waals surface area contributed by atoms with E-state index in [0.29, 0.717) is 23.7 Å². The van der Waals surface area contributed by atoms with E-state index < -0.39 is 0 Å². The molecule has 6 aliphatic rings. The van der Waals surface area contributed by atoms with Crippen molar-refractivity contribution in [3.05, 3.63) is 34.2 Å². The maximum Gasteiger partial charge on any atom is 0.310 e. The van der Waals surface area contributed by atoms with E-state index in [1.807, 2.05) is 10.6 Å². The van der Waals surface area contributed by atoms with Crippen LogP contribution in [0.2, 0.25) is 0 Å². The highest BCUT2D eigenvalue weighted by Gasteiger charge is 2.65. The number of epoxide rings is 1. The van der Waals surface area contributed by atoms with Gasteiger partial charge in [0.25, 0.3) is 5.56 Å². The number of hydrogen-bond acceptors (Lipinski definition) is 5. The van der Waals surface area contributed by atoms with E-state index in [-0.39, 0.29) is 34.6 Å². The molecular weight excluding hydrogens is 404 g/mol. The average molecular weight is 439 g/mol. The summed E-state index contributed by atoms with van der Waals surface area (Å²) in [6, 6.07) is 5.69. The van der Waals surface area contributed by atoms with E-state index in [4.69, 9.17) is 9.47 Å². The predicted molar refractivity (Wildman–Crippen MR) is 118 cm³/mol. The van der Waals surface area contributed by atoms with Gasteiger partial charge in [0.15, 0.2) is 0 Å². The third kappa shape index (κ3) is 2.84. The molecule has 5 heterocycles. The lowest BCUT2D eigenvalue weighted by atomic mass is 9.53. The van der Waals surface area contributed by atoms with Crippen molar-refractivity contribution in [3.63, 3.8) is 0 Å². The summed E-state index contributed by atoms with van der Waals surface area (Å²) < 4.78 is 14.1. The van der Waals surface area contributed by atoms with Crippen LogP contribution in [-0.4, -0.2) is 53.4 Å². The zero-order valence-electron chi connectivity index (χ0n) is 19.0. The van der Waals surface area contributed by atoms with E-state index >= 15 is 0 Å². The molecule has 3 saturated heterocycles. The Morgan fingerprint density at radius 2 is 2.00 bits per heavy atom. The van der Waals surface area contributed by atoms with Crippen molar-refractivity contribution in [3.8, 4) is 0 Å². The van der Waals surface area contributed by atoms with Crippen molar-refractivity contribution in [1.82, 2.24) is 9.47 Å². The van der Waals surface area contributed by atoms with E-state index in [2.05, 4.69) is 17.9 Å². The minimum Gasteiger partial charge on any atom is -0.462 e. The second kappa shape index (κ2) is 6.69. The second-order valence-corrected chi connectivity index (χ2v) is 12.0. The van der Waals surface area contributed by atoms with Gasteiger partial charge in [-0.2, -0.15) is 0 Å². The minimum atomic E-state index is -0.0148. The molecule has 2 aliphatic carbocycles. The number of hydrogen-bond donors (Lipinski definition) is 0. The van der Waals surface area contributed by atoms with Crippen LogP contribution >= 0.6 is 0 Å². The Morgan fingerprint density at radius 3 is 2.84 bits per heavy atom. The summed E-state index contributed by atoms with van der Waals surface area (Å²) in [4.78, 5) is 27.9. The van der Waals surface area contributed by atoms with Crippen LogP contribution in [0.3, 0.4) is 0 Å². The molecule has 0 radical (unpaired) electrons. The molecule has 172 valence electrons. The van der Waals surface area contributed by atoms with Crippen molar-refractivity contribution in [1.29, 1.82) is 0 Å². The second-order valence-electron chi connectivity index (χ2n) is 12.0. The molecule has 1 aromatic heterocycles. The first-order valence-corrected chi connectivity index (χ1v) is 12.7. The molecule has 0 aromatic carbocycles. The number of pyridine rings is 1. The maximum absolute atomic E-state index is 13.1. The Bertz CT molecular complexity index is 1020. The lowest BCUT2D eigenvalue weighted by Gasteiger charge is -2.52. The molecule has 2 bridgehead atoms. The molecule has 2 saturated carbocycles. The summed E-state index contributed by atoms with van der Waals surface area (Å²) in [5, 5.41) is 0. The topological polar surface area (TPSA) is 64.1 Å². The Balaban J connectivity index is 1.11. The normalized spacial score (nSPS) is 46.8. The molecule has 1 aromatic rings. The Labute approximate surface area is 189 Å². The molecule has 0 amide bonds. The van der Waals surface area contributed by atoms with Gasteiger partial charge in [-0.1, -0.05) is 13.0 Å². The van der Waals surface area contributed by atoms with Crippen LogP contribution in [0.15, 0.2) is 23.0 Å². The smallest absolute Gasteiger partial charge is 0.310 e. The summed E-state index contributed by atoms with van der Waals surface area (Å²) in [5.41, 5.74) is 1.66. The summed E-state index contributed by atoms with van der Waals surface area (Å²) in [6.45, 7) is 6.87. The van der Waals surface area contributed by atoms with Gasteiger partial charge in [-0.15, -0.1) is 0 Å². The fourth-order valence-electron chi connectivity index (χ4n) is 8.59. The van der Waals surface area contributed by atoms with Crippen LogP contribution in [0.5, 0.6) is 0 Å². The lowest BCUT2D eigenvalue weighted by molar-refractivity contribution is -0.147. The number of esters is 1. The van der Waals surface area contributed by atoms with Crippen molar-refractivity contribution in [2.24, 2.45) is 29.1 Å². The molecular formula is C26H34N2O4. The van der Waals surface area contributed by atoms with Crippen LogP contribution in [0.1, 0.15) is 57.1 Å². The fraction of sp³-hybridized carbons (Fsp3) is 0.769. The highest BCUT2D eigenvalue weighted by Crippen LogP contribution is 2.62. The van der Waals surface area contributed by atoms with E-state index in [1.165, 1.54) is 25.0 Å². The average Bonchev–Trinajstić information content (AvgIpc) is 3.46. The van der Waals surface area contributed by atoms with Crippen LogP contribution in [0, 0.1) is 29.1 Å². The summed E-state index contributed by atoms with van der Waals surface area (Å²) in [7, 11) is 0. The molecule has 32 heavy (non-hydrogen) atoms. The van der Waals surface area contributed by atoms with Gasteiger partial charge >= 0.3 is 5.97 Å². The first-order chi connectivity index (χ1) is 15.4. The van der Waals surface area contributed by atoms with Crippen molar-refractivity contribution < 1.29 is 14.3 Å². The predicted octanol–water partition coefficient (Wildman–Crippen LogP) is 2.79. The monoisotopic (exact) mass is 438 g/mol. The Hall–Kier alpha value is -1.66. The maximum atomic E-state index is 13.1. The largest absolute Gasteiger partial charge is 0.462 e. The Kier molecular flexibility index (Phi) is 4.14. The number of carbonyl (C=O) groups is 1. The number of nitrogens with zero attached hydrogens (tertiary/aromatic N) is 2. The number of ether oxygens (including phenoxy) is 2. The van der Waals surface area contributed by atoms with Crippen molar-refractivity contribution in [2.45, 2.75) is 69.6 Å². The molecule has 6 nitrogen and oxygen atoms in total. The molecule has 1 spiro atoms. The van der Waals surface area contributed by atoms with Crippen LogP contribution in [0.25, 0.3) is 0 Å². The van der Waals surface area contributed by atoms with Gasteiger partial charge < -0.3 is 18.9 Å². The molecule has 6 heteroatoms. The first kappa shape index (κ1) is 19.8. The van der Waals surface area contributed by atoms with Crippen molar-refractivity contribution >= 4 is 5.97 Å². The van der Waals surface area contributed by atoms with Gasteiger partial charge in [0.05, 0.1) is 18.1 Å². The van der Waals surface area contributed by atoms with Crippen LogP contribution in [-0.2, 0) is 20.8 Å². The molecule has 7 rings (SSSR count). The van der Waals surface area contributed by atoms with Gasteiger partial charge in [-0.25, -0.2) is 0 Å². The third-order valence-corrected chi connectivity index (χ3v) is 10.1. The summed E-state index contributed by atoms with van der Waals surface area (Å²) in [5.74, 6) is 1.80. The van der Waals surface area contributed by atoms with Crippen molar-refractivity contribution in [2.75, 3.05) is 26.2 Å². The summed E-state index contributed by atoms with van der Waals surface area (Å²) >= 11 is 0. The number of aromatic nitrogens is 1. The van der Waals surface area contributed by atoms with E-state index in [0.717, 1.165) is 52.0 Å². The minimum absolute atomic E-state index is 0.0148. The number of likely N-dealkylation sites (tertiary alicyclic amines) is 1. The quantitative estimate of drug-likeness (QED) is 0.525. The van der Waals surface area contributed by atoms with Crippen LogP contribution in [0.4, 0.5) is 0 Å². The van der Waals surface area contributed by atoms with Gasteiger partial charge in [0, 0.05) is 49.8 Å². The third-order valence-electron chi connectivity index (χ3n) is 10.1. The van der Waals surface area contributed by atoms with Gasteiger partial charge in [-0.05, 0) is 61.8 Å². The highest BCUT2D eigenvalue weighted by atomic mass is 16.6. The number of carbonyl (C=O) groups excluding carboxylic acids is 1. The molecule has 0 unspecified atom stereocenters. The number of fused-ring (bicyclic) bond motifs is 7. The van der Waals surface area contributed by atoms with E-state index in [9.17, 15) is 9.59 Å². The molecule has 4 aliphatic heterocycles. The van der Waals surface area contributed by atoms with Crippen LogP contribution < -0.4 is 5.56 Å². The molecule has 8 atom stereocenters. The van der Waals surface area contributed by atoms with Gasteiger partial charge in [0.2, 0.25) is 0 Å². The van der Waals surface area contributed by atoms with Gasteiger partial charge in [0.1, 0.15) is 6.10 Å². The summed E-state index contributed by atoms with van der Waals surface area (Å²) in [6.07, 6.45) is 7.00.